The lowest BCUT2D eigenvalue weighted by Gasteiger charge is -2.27. The molecule has 1 aromatic heterocycles. The molecule has 7 nitrogen and oxygen atoms in total. The van der Waals surface area contributed by atoms with E-state index in [1.807, 2.05) is 13.8 Å². The van der Waals surface area contributed by atoms with Crippen molar-refractivity contribution >= 4 is 11.6 Å². The van der Waals surface area contributed by atoms with E-state index in [4.69, 9.17) is 5.11 Å². The largest absolute Gasteiger partial charge is 0.406 e. The van der Waals surface area contributed by atoms with E-state index in [1.54, 1.807) is 23.4 Å². The van der Waals surface area contributed by atoms with Crippen LogP contribution in [0.2, 0.25) is 0 Å². The third-order valence-corrected chi connectivity index (χ3v) is 2.68. The van der Waals surface area contributed by atoms with Gasteiger partial charge in [0.25, 0.3) is 0 Å². The number of anilines is 1. The van der Waals surface area contributed by atoms with Crippen LogP contribution in [0.25, 0.3) is 0 Å². The van der Waals surface area contributed by atoms with Crippen molar-refractivity contribution in [2.75, 3.05) is 18.1 Å². The topological polar surface area (TPSA) is 84.4 Å². The van der Waals surface area contributed by atoms with Gasteiger partial charge in [-0.05, 0) is 23.8 Å². The molecule has 7 heteroatoms. The van der Waals surface area contributed by atoms with Crippen LogP contribution in [0.4, 0.5) is 11.6 Å². The summed E-state index contributed by atoms with van der Waals surface area (Å²) in [6.45, 7) is 5.84. The van der Waals surface area contributed by atoms with E-state index in [0.29, 0.717) is 18.2 Å². The summed E-state index contributed by atoms with van der Waals surface area (Å²) in [7, 11) is 1.73. The zero-order chi connectivity index (χ0) is 13.2. The molecule has 0 aromatic carbocycles. The highest BCUT2D eigenvalue weighted by Crippen LogP contribution is 2.29. The van der Waals surface area contributed by atoms with Crippen LogP contribution < -0.4 is 4.90 Å². The number of imidazole rings is 1. The number of nitrogens with zero attached hydrogens (tertiary/aromatic N) is 4. The number of nitro groups is 1. The fourth-order valence-corrected chi connectivity index (χ4v) is 1.74. The molecule has 0 saturated heterocycles. The maximum absolute atomic E-state index is 11.0. The van der Waals surface area contributed by atoms with Crippen LogP contribution in [0.1, 0.15) is 19.7 Å². The Balaban J connectivity index is 3.30. The SMILES string of the molecule is Cc1nc([N+](=O)[O-])c(N(CCO)C(C)C)n1C. The molecule has 0 amide bonds. The second kappa shape index (κ2) is 5.13. The number of aryl methyl sites for hydroxylation is 1. The van der Waals surface area contributed by atoms with Crippen molar-refractivity contribution in [3.63, 3.8) is 0 Å². The van der Waals surface area contributed by atoms with E-state index >= 15 is 0 Å². The maximum atomic E-state index is 11.0. The molecule has 0 bridgehead atoms. The first kappa shape index (κ1) is 13.4. The van der Waals surface area contributed by atoms with Crippen LogP contribution in [-0.4, -0.2) is 38.8 Å². The highest BCUT2D eigenvalue weighted by Gasteiger charge is 2.29. The van der Waals surface area contributed by atoms with Gasteiger partial charge in [0.1, 0.15) is 0 Å². The molecule has 0 unspecified atom stereocenters. The zero-order valence-electron chi connectivity index (χ0n) is 10.5. The summed E-state index contributed by atoms with van der Waals surface area (Å²) in [4.78, 5) is 16.2. The summed E-state index contributed by atoms with van der Waals surface area (Å²) in [6.07, 6.45) is 0. The van der Waals surface area contributed by atoms with Crippen LogP contribution in [0.15, 0.2) is 0 Å². The average molecular weight is 242 g/mol. The lowest BCUT2D eigenvalue weighted by atomic mass is 10.3. The first-order valence-corrected chi connectivity index (χ1v) is 5.45. The minimum absolute atomic E-state index is 0.0515. The fourth-order valence-electron chi connectivity index (χ4n) is 1.74. The highest BCUT2D eigenvalue weighted by atomic mass is 16.6. The Morgan fingerprint density at radius 2 is 2.18 bits per heavy atom. The summed E-state index contributed by atoms with van der Waals surface area (Å²) in [6, 6.07) is 0.0515. The molecule has 0 spiro atoms. The molecule has 1 aromatic rings. The Morgan fingerprint density at radius 3 is 2.59 bits per heavy atom. The summed E-state index contributed by atoms with van der Waals surface area (Å²) in [5, 5.41) is 20.0. The molecule has 0 fully saturated rings. The molecular formula is C10H18N4O3. The van der Waals surface area contributed by atoms with Gasteiger partial charge in [-0.15, -0.1) is 0 Å². The molecule has 0 saturated carbocycles. The molecular weight excluding hydrogens is 224 g/mol. The third kappa shape index (κ3) is 2.55. The van der Waals surface area contributed by atoms with Crippen LogP contribution in [0.3, 0.4) is 0 Å². The molecule has 0 radical (unpaired) electrons. The van der Waals surface area contributed by atoms with Gasteiger partial charge >= 0.3 is 5.82 Å². The van der Waals surface area contributed by atoms with Gasteiger partial charge in [-0.25, -0.2) is 0 Å². The Bertz CT molecular complexity index is 414. The number of aliphatic hydroxyl groups excluding tert-OH is 1. The standard InChI is InChI=1S/C10H18N4O3/c1-7(2)13(5-6-15)10-9(14(16)17)11-8(3)12(10)4/h7,15H,5-6H2,1-4H3. The number of rotatable bonds is 5. The van der Waals surface area contributed by atoms with Gasteiger partial charge < -0.3 is 20.1 Å². The van der Waals surface area contributed by atoms with Crippen LogP contribution >= 0.6 is 0 Å². The number of hydrogen-bond acceptors (Lipinski definition) is 5. The first-order chi connectivity index (χ1) is 7.90. The van der Waals surface area contributed by atoms with Gasteiger partial charge in [0.05, 0.1) is 6.61 Å². The second-order valence-electron chi connectivity index (χ2n) is 4.13. The highest BCUT2D eigenvalue weighted by molar-refractivity contribution is 5.56. The minimum atomic E-state index is -0.491. The third-order valence-electron chi connectivity index (χ3n) is 2.68. The summed E-state index contributed by atoms with van der Waals surface area (Å²) < 4.78 is 1.67. The van der Waals surface area contributed by atoms with Gasteiger partial charge in [-0.2, -0.15) is 0 Å². The van der Waals surface area contributed by atoms with E-state index < -0.39 is 4.92 Å². The molecule has 96 valence electrons. The first-order valence-electron chi connectivity index (χ1n) is 5.45. The Labute approximate surface area is 99.8 Å². The molecule has 17 heavy (non-hydrogen) atoms. The molecule has 0 atom stereocenters. The fraction of sp³-hybridized carbons (Fsp3) is 0.700. The van der Waals surface area contributed by atoms with Crippen molar-refractivity contribution in [3.05, 3.63) is 15.9 Å². The van der Waals surface area contributed by atoms with Crippen LogP contribution in [0.5, 0.6) is 0 Å². The average Bonchev–Trinajstić information content (AvgIpc) is 2.52. The normalized spacial score (nSPS) is 10.9. The van der Waals surface area contributed by atoms with E-state index in [-0.39, 0.29) is 18.5 Å². The second-order valence-corrected chi connectivity index (χ2v) is 4.13. The van der Waals surface area contributed by atoms with Crippen molar-refractivity contribution in [1.29, 1.82) is 0 Å². The molecule has 0 aliphatic carbocycles. The quantitative estimate of drug-likeness (QED) is 0.611. The number of aromatic nitrogens is 2. The predicted molar refractivity (Wildman–Crippen MR) is 64.2 cm³/mol. The summed E-state index contributed by atoms with van der Waals surface area (Å²) in [5.74, 6) is 0.860. The van der Waals surface area contributed by atoms with Crippen molar-refractivity contribution in [1.82, 2.24) is 9.55 Å². The molecule has 0 aliphatic heterocycles. The summed E-state index contributed by atoms with van der Waals surface area (Å²) >= 11 is 0. The van der Waals surface area contributed by atoms with Gasteiger partial charge in [0, 0.05) is 26.6 Å². The van der Waals surface area contributed by atoms with Crippen LogP contribution in [-0.2, 0) is 7.05 Å². The summed E-state index contributed by atoms with van der Waals surface area (Å²) in [5.41, 5.74) is 0. The van der Waals surface area contributed by atoms with Gasteiger partial charge in [0.2, 0.25) is 11.6 Å². The predicted octanol–water partition coefficient (Wildman–Crippen LogP) is 0.844. The van der Waals surface area contributed by atoms with E-state index in [1.165, 1.54) is 0 Å². The zero-order valence-corrected chi connectivity index (χ0v) is 10.5. The van der Waals surface area contributed by atoms with Gasteiger partial charge in [0.15, 0.2) is 0 Å². The molecule has 1 heterocycles. The van der Waals surface area contributed by atoms with E-state index in [0.717, 1.165) is 0 Å². The minimum Gasteiger partial charge on any atom is -0.395 e. The monoisotopic (exact) mass is 242 g/mol. The Morgan fingerprint density at radius 1 is 1.59 bits per heavy atom. The van der Waals surface area contributed by atoms with Crippen molar-refractivity contribution in [3.8, 4) is 0 Å². The van der Waals surface area contributed by atoms with Crippen molar-refractivity contribution < 1.29 is 10.0 Å². The molecule has 1 rings (SSSR count). The van der Waals surface area contributed by atoms with Gasteiger partial charge in [-0.1, -0.05) is 0 Å². The van der Waals surface area contributed by atoms with Crippen molar-refractivity contribution in [2.24, 2.45) is 7.05 Å². The molecule has 0 aliphatic rings. The van der Waals surface area contributed by atoms with Crippen molar-refractivity contribution in [2.45, 2.75) is 26.8 Å². The smallest absolute Gasteiger partial charge is 0.395 e. The van der Waals surface area contributed by atoms with Crippen LogP contribution in [0, 0.1) is 17.0 Å². The van der Waals surface area contributed by atoms with E-state index in [9.17, 15) is 10.1 Å². The Kier molecular flexibility index (Phi) is 4.06. The van der Waals surface area contributed by atoms with Gasteiger partial charge in [-0.3, -0.25) is 4.57 Å². The lowest BCUT2D eigenvalue weighted by molar-refractivity contribution is -0.388. The Hall–Kier alpha value is -1.63. The number of hydrogen-bond donors (Lipinski definition) is 1. The maximum Gasteiger partial charge on any atom is 0.406 e. The molecule has 1 N–H and O–H groups in total. The lowest BCUT2D eigenvalue weighted by Crippen LogP contribution is -2.35. The van der Waals surface area contributed by atoms with E-state index in [2.05, 4.69) is 4.98 Å². The number of aliphatic hydroxyl groups is 1.